The van der Waals surface area contributed by atoms with Gasteiger partial charge < -0.3 is 19.7 Å². The highest BCUT2D eigenvalue weighted by Gasteiger charge is 2.12. The van der Waals surface area contributed by atoms with E-state index in [2.05, 4.69) is 10.3 Å². The van der Waals surface area contributed by atoms with Crippen molar-refractivity contribution in [2.24, 2.45) is 7.05 Å². The second-order valence-electron chi connectivity index (χ2n) is 4.85. The van der Waals surface area contributed by atoms with E-state index in [1.165, 1.54) is 0 Å². The maximum atomic E-state index is 11.2. The number of hydrogen-bond donors (Lipinski definition) is 2. The smallest absolute Gasteiger partial charge is 0.352 e. The lowest BCUT2D eigenvalue weighted by Crippen LogP contribution is -2.03. The molecule has 6 nitrogen and oxygen atoms in total. The number of pyridine rings is 1. The van der Waals surface area contributed by atoms with Gasteiger partial charge in [-0.25, -0.2) is 9.78 Å². The van der Waals surface area contributed by atoms with Crippen molar-refractivity contribution in [2.75, 3.05) is 12.4 Å². The summed E-state index contributed by atoms with van der Waals surface area (Å²) in [6, 6.07) is 10.7. The van der Waals surface area contributed by atoms with Crippen LogP contribution in [0.5, 0.6) is 11.6 Å². The summed E-state index contributed by atoms with van der Waals surface area (Å²) >= 11 is 0. The van der Waals surface area contributed by atoms with Gasteiger partial charge in [0.1, 0.15) is 11.4 Å². The standard InChI is InChI=1S/C16H15N3O3/c1-17-11-3-6-15(18-9-11)22-12-4-5-13-10(7-12)8-14(16(20)21)19(13)2/h3-9,17H,1-2H3,(H,20,21). The van der Waals surface area contributed by atoms with Crippen molar-refractivity contribution in [1.29, 1.82) is 0 Å². The summed E-state index contributed by atoms with van der Waals surface area (Å²) in [6.45, 7) is 0. The molecule has 0 spiro atoms. The van der Waals surface area contributed by atoms with E-state index in [0.29, 0.717) is 11.6 Å². The molecule has 0 aliphatic heterocycles. The summed E-state index contributed by atoms with van der Waals surface area (Å²) < 4.78 is 7.34. The van der Waals surface area contributed by atoms with Gasteiger partial charge in [0.15, 0.2) is 0 Å². The number of nitrogens with one attached hydrogen (secondary N) is 1. The van der Waals surface area contributed by atoms with E-state index in [4.69, 9.17) is 9.84 Å². The second kappa shape index (κ2) is 5.40. The van der Waals surface area contributed by atoms with Crippen molar-refractivity contribution in [3.05, 3.63) is 48.3 Å². The molecule has 2 aromatic heterocycles. The van der Waals surface area contributed by atoms with Crippen LogP contribution in [0.2, 0.25) is 0 Å². The number of aromatic nitrogens is 2. The Morgan fingerprint density at radius 2 is 2.09 bits per heavy atom. The summed E-state index contributed by atoms with van der Waals surface area (Å²) in [5.74, 6) is 0.137. The third-order valence-corrected chi connectivity index (χ3v) is 3.48. The monoisotopic (exact) mass is 297 g/mol. The quantitative estimate of drug-likeness (QED) is 0.774. The number of aryl methyl sites for hydroxylation is 1. The molecule has 3 rings (SSSR count). The van der Waals surface area contributed by atoms with Gasteiger partial charge in [-0.3, -0.25) is 0 Å². The lowest BCUT2D eigenvalue weighted by Gasteiger charge is -2.06. The number of carboxylic acids is 1. The first-order chi connectivity index (χ1) is 10.6. The zero-order valence-electron chi connectivity index (χ0n) is 12.2. The van der Waals surface area contributed by atoms with Gasteiger partial charge in [0.05, 0.1) is 11.9 Å². The molecular formula is C16H15N3O3. The van der Waals surface area contributed by atoms with E-state index < -0.39 is 5.97 Å². The van der Waals surface area contributed by atoms with E-state index >= 15 is 0 Å². The van der Waals surface area contributed by atoms with E-state index in [-0.39, 0.29) is 5.69 Å². The largest absolute Gasteiger partial charge is 0.477 e. The lowest BCUT2D eigenvalue weighted by molar-refractivity contribution is 0.0687. The zero-order chi connectivity index (χ0) is 15.7. The Balaban J connectivity index is 1.92. The molecule has 0 saturated heterocycles. The molecule has 0 aliphatic rings. The molecular weight excluding hydrogens is 282 g/mol. The predicted octanol–water partition coefficient (Wildman–Crippen LogP) is 3.11. The Hall–Kier alpha value is -3.02. The fourth-order valence-electron chi connectivity index (χ4n) is 2.31. The highest BCUT2D eigenvalue weighted by molar-refractivity contribution is 5.95. The number of carbonyl (C=O) groups is 1. The van der Waals surface area contributed by atoms with Crippen LogP contribution in [0.25, 0.3) is 10.9 Å². The van der Waals surface area contributed by atoms with Crippen LogP contribution < -0.4 is 10.1 Å². The molecule has 0 radical (unpaired) electrons. The minimum absolute atomic E-state index is 0.239. The number of carboxylic acid groups (broad SMARTS) is 1. The Kier molecular flexibility index (Phi) is 3.42. The summed E-state index contributed by atoms with van der Waals surface area (Å²) in [6.07, 6.45) is 1.68. The van der Waals surface area contributed by atoms with Crippen LogP contribution in [0, 0.1) is 0 Å². The molecule has 0 aliphatic carbocycles. The SMILES string of the molecule is CNc1ccc(Oc2ccc3c(c2)cc(C(=O)O)n3C)nc1. The van der Waals surface area contributed by atoms with Crippen LogP contribution >= 0.6 is 0 Å². The van der Waals surface area contributed by atoms with Crippen LogP contribution in [-0.2, 0) is 7.05 Å². The van der Waals surface area contributed by atoms with Crippen molar-refractivity contribution >= 4 is 22.6 Å². The zero-order valence-corrected chi connectivity index (χ0v) is 12.2. The number of benzene rings is 1. The fraction of sp³-hybridized carbons (Fsp3) is 0.125. The van der Waals surface area contributed by atoms with E-state index in [9.17, 15) is 4.79 Å². The number of nitrogens with zero attached hydrogens (tertiary/aromatic N) is 2. The highest BCUT2D eigenvalue weighted by atomic mass is 16.5. The van der Waals surface area contributed by atoms with Crippen LogP contribution in [0.4, 0.5) is 5.69 Å². The first kappa shape index (κ1) is 13.9. The summed E-state index contributed by atoms with van der Waals surface area (Å²) in [5, 5.41) is 12.9. The van der Waals surface area contributed by atoms with Gasteiger partial charge in [-0.1, -0.05) is 0 Å². The predicted molar refractivity (Wildman–Crippen MR) is 83.7 cm³/mol. The Morgan fingerprint density at radius 3 is 2.73 bits per heavy atom. The van der Waals surface area contributed by atoms with Crippen molar-refractivity contribution < 1.29 is 14.6 Å². The molecule has 6 heteroatoms. The Labute approximate surface area is 127 Å². The number of hydrogen-bond acceptors (Lipinski definition) is 4. The van der Waals surface area contributed by atoms with Crippen molar-refractivity contribution in [1.82, 2.24) is 9.55 Å². The van der Waals surface area contributed by atoms with Gasteiger partial charge in [0, 0.05) is 31.1 Å². The van der Waals surface area contributed by atoms with Crippen molar-refractivity contribution in [3.8, 4) is 11.6 Å². The molecule has 3 aromatic rings. The topological polar surface area (TPSA) is 76.4 Å². The number of anilines is 1. The first-order valence-electron chi connectivity index (χ1n) is 6.73. The van der Waals surface area contributed by atoms with E-state index in [0.717, 1.165) is 16.6 Å². The molecule has 0 bridgehead atoms. The van der Waals surface area contributed by atoms with Gasteiger partial charge in [-0.15, -0.1) is 0 Å². The lowest BCUT2D eigenvalue weighted by atomic mass is 10.2. The molecule has 2 heterocycles. The minimum atomic E-state index is -0.953. The molecule has 0 fully saturated rings. The van der Waals surface area contributed by atoms with Crippen molar-refractivity contribution in [3.63, 3.8) is 0 Å². The van der Waals surface area contributed by atoms with Gasteiger partial charge in [0.25, 0.3) is 0 Å². The maximum Gasteiger partial charge on any atom is 0.352 e. The number of ether oxygens (including phenoxy) is 1. The highest BCUT2D eigenvalue weighted by Crippen LogP contribution is 2.27. The van der Waals surface area contributed by atoms with Crippen LogP contribution in [0.3, 0.4) is 0 Å². The molecule has 22 heavy (non-hydrogen) atoms. The number of fused-ring (bicyclic) bond motifs is 1. The maximum absolute atomic E-state index is 11.2. The molecule has 1 aromatic carbocycles. The average molecular weight is 297 g/mol. The molecule has 112 valence electrons. The summed E-state index contributed by atoms with van der Waals surface area (Å²) in [4.78, 5) is 15.4. The summed E-state index contributed by atoms with van der Waals surface area (Å²) in [7, 11) is 3.55. The number of aromatic carboxylic acids is 1. The van der Waals surface area contributed by atoms with E-state index in [1.54, 1.807) is 42.1 Å². The van der Waals surface area contributed by atoms with Gasteiger partial charge in [-0.2, -0.15) is 0 Å². The average Bonchev–Trinajstić information content (AvgIpc) is 2.85. The van der Waals surface area contributed by atoms with Crippen LogP contribution in [-0.4, -0.2) is 27.7 Å². The first-order valence-corrected chi connectivity index (χ1v) is 6.73. The summed E-state index contributed by atoms with van der Waals surface area (Å²) in [5.41, 5.74) is 1.98. The minimum Gasteiger partial charge on any atom is -0.477 e. The van der Waals surface area contributed by atoms with Crippen LogP contribution in [0.1, 0.15) is 10.5 Å². The van der Waals surface area contributed by atoms with Gasteiger partial charge in [-0.05, 0) is 30.3 Å². The molecule has 0 amide bonds. The van der Waals surface area contributed by atoms with E-state index in [1.807, 2.05) is 19.2 Å². The second-order valence-corrected chi connectivity index (χ2v) is 4.85. The molecule has 2 N–H and O–H groups in total. The molecule has 0 unspecified atom stereocenters. The third-order valence-electron chi connectivity index (χ3n) is 3.48. The Bertz CT molecular complexity index is 838. The van der Waals surface area contributed by atoms with Gasteiger partial charge >= 0.3 is 5.97 Å². The third kappa shape index (κ3) is 2.46. The molecule has 0 atom stereocenters. The fourth-order valence-corrected chi connectivity index (χ4v) is 2.31. The van der Waals surface area contributed by atoms with Gasteiger partial charge in [0.2, 0.25) is 5.88 Å². The van der Waals surface area contributed by atoms with Crippen molar-refractivity contribution in [2.45, 2.75) is 0 Å². The Morgan fingerprint density at radius 1 is 1.27 bits per heavy atom. The number of rotatable bonds is 4. The molecule has 0 saturated carbocycles. The normalized spacial score (nSPS) is 10.6. The van der Waals surface area contributed by atoms with Crippen LogP contribution in [0.15, 0.2) is 42.6 Å².